The van der Waals surface area contributed by atoms with E-state index in [1.54, 1.807) is 0 Å². The van der Waals surface area contributed by atoms with Gasteiger partial charge in [-0.15, -0.1) is 0 Å². The Kier molecular flexibility index (Phi) is 14.0. The third-order valence-corrected chi connectivity index (χ3v) is 4.06. The third-order valence-electron chi connectivity index (χ3n) is 4.06. The van der Waals surface area contributed by atoms with Crippen LogP contribution in [-0.2, 0) is 4.79 Å². The minimum Gasteiger partial charge on any atom is -0.481 e. The lowest BCUT2D eigenvalue weighted by Crippen LogP contribution is -1.93. The fourth-order valence-electron chi connectivity index (χ4n) is 2.69. The summed E-state index contributed by atoms with van der Waals surface area (Å²) in [7, 11) is 0. The molecule has 0 saturated heterocycles. The first-order valence-corrected chi connectivity index (χ1v) is 9.24. The molecule has 2 nitrogen and oxygen atoms in total. The highest BCUT2D eigenvalue weighted by Crippen LogP contribution is 2.13. The van der Waals surface area contributed by atoms with Gasteiger partial charge in [-0.1, -0.05) is 103 Å². The van der Waals surface area contributed by atoms with Crippen molar-refractivity contribution < 1.29 is 12.6 Å². The molecule has 0 rings (SSSR count). The van der Waals surface area contributed by atoms with Gasteiger partial charge in [-0.05, 0) is 6.42 Å². The van der Waals surface area contributed by atoms with Crippen LogP contribution in [0.25, 0.3) is 0 Å². The van der Waals surface area contributed by atoms with Crippen LogP contribution < -0.4 is 0 Å². The topological polar surface area (TPSA) is 37.3 Å². The molecule has 0 heterocycles. The van der Waals surface area contributed by atoms with E-state index in [9.17, 15) is 4.79 Å². The van der Waals surface area contributed by atoms with E-state index in [1.807, 2.05) is 0 Å². The molecule has 21 heavy (non-hydrogen) atoms. The van der Waals surface area contributed by atoms with Crippen LogP contribution in [0, 0.1) is 0 Å². The van der Waals surface area contributed by atoms with Crippen molar-refractivity contribution in [2.45, 2.75) is 116 Å². The minimum atomic E-state index is -2.05. The standard InChI is InChI=1S/C19H38O2/c1-2-3-4-5-6-7-8-9-10-11-12-13-14-15-16-17-18-19(20)21/h2-18H2,1H3,(H,20,21)/i18D2. The first kappa shape index (κ1) is 16.8. The van der Waals surface area contributed by atoms with Crippen LogP contribution in [0.1, 0.15) is 119 Å². The number of carboxylic acid groups (broad SMARTS) is 1. The average molecular weight is 301 g/mol. The number of carbonyl (C=O) groups is 1. The van der Waals surface area contributed by atoms with Crippen LogP contribution in [-0.4, -0.2) is 11.1 Å². The van der Waals surface area contributed by atoms with E-state index >= 15 is 0 Å². The number of rotatable bonds is 17. The summed E-state index contributed by atoms with van der Waals surface area (Å²) in [4.78, 5) is 10.6. The molecule has 0 amide bonds. The molecule has 0 aliphatic rings. The SMILES string of the molecule is [2H]C([2H])(CCCCCCCCCCCCCCCCC)C(=O)O. The molecule has 126 valence electrons. The number of unbranched alkanes of at least 4 members (excludes halogenated alkanes) is 14. The summed E-state index contributed by atoms with van der Waals surface area (Å²) in [6.07, 6.45) is 17.0. The van der Waals surface area contributed by atoms with Gasteiger partial charge in [0.15, 0.2) is 0 Å². The van der Waals surface area contributed by atoms with E-state index in [2.05, 4.69) is 6.92 Å². The Morgan fingerprint density at radius 2 is 0.952 bits per heavy atom. The van der Waals surface area contributed by atoms with Crippen molar-refractivity contribution >= 4 is 5.97 Å². The van der Waals surface area contributed by atoms with Crippen molar-refractivity contribution in [2.24, 2.45) is 0 Å². The van der Waals surface area contributed by atoms with Crippen LogP contribution in [0.4, 0.5) is 0 Å². The zero-order chi connectivity index (χ0) is 17.4. The number of carboxylic acids is 1. The Hall–Kier alpha value is -0.530. The maximum atomic E-state index is 10.6. The largest absolute Gasteiger partial charge is 0.481 e. The number of hydrogen-bond acceptors (Lipinski definition) is 1. The summed E-state index contributed by atoms with van der Waals surface area (Å²) >= 11 is 0. The highest BCUT2D eigenvalue weighted by molar-refractivity contribution is 5.66. The number of aliphatic carboxylic acids is 1. The van der Waals surface area contributed by atoms with Gasteiger partial charge in [-0.3, -0.25) is 4.79 Å². The van der Waals surface area contributed by atoms with Gasteiger partial charge in [0.1, 0.15) is 0 Å². The fraction of sp³-hybridized carbons (Fsp3) is 0.947. The van der Waals surface area contributed by atoms with Gasteiger partial charge in [-0.2, -0.15) is 0 Å². The van der Waals surface area contributed by atoms with Crippen LogP contribution in [0.2, 0.25) is 0 Å². The van der Waals surface area contributed by atoms with Crippen molar-refractivity contribution in [1.29, 1.82) is 0 Å². The highest BCUT2D eigenvalue weighted by atomic mass is 16.4. The molecule has 0 bridgehead atoms. The number of hydrogen-bond donors (Lipinski definition) is 1. The van der Waals surface area contributed by atoms with Crippen molar-refractivity contribution in [1.82, 2.24) is 0 Å². The van der Waals surface area contributed by atoms with E-state index in [-0.39, 0.29) is 6.42 Å². The highest BCUT2D eigenvalue weighted by Gasteiger charge is 1.97. The van der Waals surface area contributed by atoms with Crippen LogP contribution in [0.3, 0.4) is 0 Å². The summed E-state index contributed by atoms with van der Waals surface area (Å²) in [6.45, 7) is 2.26. The summed E-state index contributed by atoms with van der Waals surface area (Å²) < 4.78 is 14.6. The molecule has 0 aliphatic carbocycles. The Morgan fingerprint density at radius 1 is 0.667 bits per heavy atom. The summed E-state index contributed by atoms with van der Waals surface area (Å²) in [5, 5.41) is 8.68. The fourth-order valence-corrected chi connectivity index (χ4v) is 2.69. The Morgan fingerprint density at radius 3 is 1.24 bits per heavy atom. The third kappa shape index (κ3) is 19.5. The molecule has 0 unspecified atom stereocenters. The van der Waals surface area contributed by atoms with Crippen molar-refractivity contribution in [2.75, 3.05) is 0 Å². The molecular formula is C19H38O2. The van der Waals surface area contributed by atoms with Gasteiger partial charge in [-0.25, -0.2) is 0 Å². The van der Waals surface area contributed by atoms with Gasteiger partial charge in [0, 0.05) is 9.11 Å². The van der Waals surface area contributed by atoms with Crippen molar-refractivity contribution in [3.05, 3.63) is 0 Å². The van der Waals surface area contributed by atoms with Crippen LogP contribution in [0.5, 0.6) is 0 Å². The van der Waals surface area contributed by atoms with Gasteiger partial charge in [0.2, 0.25) is 0 Å². The van der Waals surface area contributed by atoms with Crippen molar-refractivity contribution in [3.8, 4) is 0 Å². The van der Waals surface area contributed by atoms with E-state index < -0.39 is 12.3 Å². The second-order valence-electron chi connectivity index (χ2n) is 6.18. The molecule has 0 aromatic rings. The summed E-state index contributed by atoms with van der Waals surface area (Å²) in [5.41, 5.74) is 0. The molecule has 0 saturated carbocycles. The molecule has 0 fully saturated rings. The predicted molar refractivity (Wildman–Crippen MR) is 91.8 cm³/mol. The average Bonchev–Trinajstić information content (AvgIpc) is 2.51. The van der Waals surface area contributed by atoms with Gasteiger partial charge >= 0.3 is 5.97 Å². The monoisotopic (exact) mass is 300 g/mol. The summed E-state index contributed by atoms with van der Waals surface area (Å²) in [5.74, 6) is -1.33. The molecule has 0 aliphatic heterocycles. The van der Waals surface area contributed by atoms with E-state index in [1.165, 1.54) is 77.0 Å². The van der Waals surface area contributed by atoms with Crippen molar-refractivity contribution in [3.63, 3.8) is 0 Å². The molecule has 2 heteroatoms. The zero-order valence-electron chi connectivity index (χ0n) is 16.2. The van der Waals surface area contributed by atoms with E-state index in [0.717, 1.165) is 12.8 Å². The maximum Gasteiger partial charge on any atom is 0.303 e. The smallest absolute Gasteiger partial charge is 0.303 e. The van der Waals surface area contributed by atoms with Gasteiger partial charge in [0.25, 0.3) is 0 Å². The predicted octanol–water partition coefficient (Wildman–Crippen LogP) is 6.72. The lowest BCUT2D eigenvalue weighted by molar-refractivity contribution is -0.137. The van der Waals surface area contributed by atoms with Crippen LogP contribution >= 0.6 is 0 Å². The molecule has 0 aromatic heterocycles. The molecule has 0 radical (unpaired) electrons. The van der Waals surface area contributed by atoms with E-state index in [4.69, 9.17) is 7.85 Å². The molecule has 0 spiro atoms. The summed E-state index contributed by atoms with van der Waals surface area (Å²) in [6, 6.07) is 0. The molecule has 1 N–H and O–H groups in total. The second kappa shape index (κ2) is 17.5. The second-order valence-corrected chi connectivity index (χ2v) is 6.18. The van der Waals surface area contributed by atoms with Gasteiger partial charge in [0.05, 0.1) is 0 Å². The molecule has 0 aromatic carbocycles. The Labute approximate surface area is 135 Å². The molecular weight excluding hydrogens is 260 g/mol. The maximum absolute atomic E-state index is 10.6. The lowest BCUT2D eigenvalue weighted by atomic mass is 10.0. The van der Waals surface area contributed by atoms with E-state index in [0.29, 0.717) is 6.42 Å². The molecule has 0 atom stereocenters. The first-order valence-electron chi connectivity index (χ1n) is 10.2. The van der Waals surface area contributed by atoms with Crippen LogP contribution in [0.15, 0.2) is 0 Å². The first-order chi connectivity index (χ1) is 11.0. The Bertz CT molecular complexity index is 281. The zero-order valence-corrected chi connectivity index (χ0v) is 14.2. The Balaban J connectivity index is 3.15. The normalized spacial score (nSPS) is 13.0. The van der Waals surface area contributed by atoms with Gasteiger partial charge < -0.3 is 5.11 Å². The quantitative estimate of drug-likeness (QED) is 0.303. The lowest BCUT2D eigenvalue weighted by Gasteiger charge is -2.03. The minimum absolute atomic E-state index is 0.139.